The molecule has 0 radical (unpaired) electrons. The number of primary amides is 1. The van der Waals surface area contributed by atoms with Gasteiger partial charge in [-0.25, -0.2) is 8.78 Å². The molecule has 1 aliphatic rings. The Labute approximate surface area is 167 Å². The van der Waals surface area contributed by atoms with E-state index in [0.717, 1.165) is 36.8 Å². The highest BCUT2D eigenvalue weighted by molar-refractivity contribution is 5.95. The van der Waals surface area contributed by atoms with E-state index in [0.29, 0.717) is 24.2 Å². The van der Waals surface area contributed by atoms with Crippen molar-refractivity contribution in [3.63, 3.8) is 0 Å². The summed E-state index contributed by atoms with van der Waals surface area (Å²) in [5, 5.41) is 4.32. The van der Waals surface area contributed by atoms with E-state index in [1.54, 1.807) is 6.07 Å². The van der Waals surface area contributed by atoms with Gasteiger partial charge in [-0.3, -0.25) is 4.79 Å². The number of hydrogen-bond acceptors (Lipinski definition) is 3. The van der Waals surface area contributed by atoms with Gasteiger partial charge in [-0.1, -0.05) is 0 Å². The number of aryl methyl sites for hydroxylation is 1. The van der Waals surface area contributed by atoms with E-state index in [9.17, 15) is 13.6 Å². The Bertz CT molecular complexity index is 1050. The lowest BCUT2D eigenvalue weighted by molar-refractivity contribution is 0.0997. The predicted molar refractivity (Wildman–Crippen MR) is 107 cm³/mol. The van der Waals surface area contributed by atoms with Crippen molar-refractivity contribution in [3.05, 3.63) is 65.4 Å². The van der Waals surface area contributed by atoms with Crippen LogP contribution in [0.1, 0.15) is 28.8 Å². The Morgan fingerprint density at radius 3 is 2.90 bits per heavy atom. The van der Waals surface area contributed by atoms with Gasteiger partial charge in [-0.2, -0.15) is 0 Å². The average molecular weight is 399 g/mol. The van der Waals surface area contributed by atoms with Gasteiger partial charge in [-0.05, 0) is 62.2 Å². The summed E-state index contributed by atoms with van der Waals surface area (Å²) in [4.78, 5) is 11.6. The quantitative estimate of drug-likeness (QED) is 0.599. The predicted octanol–water partition coefficient (Wildman–Crippen LogP) is 3.39. The monoisotopic (exact) mass is 399 g/mol. The van der Waals surface area contributed by atoms with E-state index < -0.39 is 11.7 Å². The molecule has 152 valence electrons. The molecule has 1 aliphatic heterocycles. The van der Waals surface area contributed by atoms with Crippen molar-refractivity contribution >= 4 is 16.8 Å². The zero-order valence-corrected chi connectivity index (χ0v) is 16.0. The second-order valence-corrected chi connectivity index (χ2v) is 7.35. The number of benzene rings is 2. The van der Waals surface area contributed by atoms with Crippen LogP contribution in [-0.2, 0) is 13.0 Å². The molecule has 0 fully saturated rings. The Hall–Kier alpha value is -2.93. The molecule has 29 heavy (non-hydrogen) atoms. The molecule has 0 saturated heterocycles. The third-order valence-electron chi connectivity index (χ3n) is 5.35. The summed E-state index contributed by atoms with van der Waals surface area (Å²) in [6, 6.07) is 9.36. The van der Waals surface area contributed by atoms with E-state index >= 15 is 0 Å². The molecule has 1 aromatic heterocycles. The van der Waals surface area contributed by atoms with Crippen molar-refractivity contribution < 1.29 is 18.3 Å². The lowest BCUT2D eigenvalue weighted by Gasteiger charge is -2.27. The number of fused-ring (bicyclic) bond motifs is 2. The van der Waals surface area contributed by atoms with Gasteiger partial charge in [0.1, 0.15) is 12.4 Å². The van der Waals surface area contributed by atoms with Crippen LogP contribution in [-0.4, -0.2) is 29.7 Å². The van der Waals surface area contributed by atoms with Gasteiger partial charge in [0.05, 0.1) is 0 Å². The fraction of sp³-hybridized carbons (Fsp3) is 0.318. The van der Waals surface area contributed by atoms with E-state index in [1.807, 2.05) is 12.3 Å². The van der Waals surface area contributed by atoms with Crippen LogP contribution in [0.2, 0.25) is 0 Å². The van der Waals surface area contributed by atoms with Crippen LogP contribution < -0.4 is 15.8 Å². The minimum absolute atomic E-state index is 0.00205. The maximum atomic E-state index is 13.9. The molecule has 0 saturated carbocycles. The van der Waals surface area contributed by atoms with E-state index in [2.05, 4.69) is 9.88 Å². The smallest absolute Gasteiger partial charge is 0.249 e. The molecule has 7 heteroatoms. The maximum Gasteiger partial charge on any atom is 0.249 e. The molecule has 0 spiro atoms. The number of carbonyl (C=O) groups is 1. The van der Waals surface area contributed by atoms with Crippen LogP contribution >= 0.6 is 0 Å². The van der Waals surface area contributed by atoms with Crippen LogP contribution in [0.4, 0.5) is 8.78 Å². The van der Waals surface area contributed by atoms with E-state index in [1.165, 1.54) is 24.3 Å². The number of rotatable bonds is 7. The zero-order valence-electron chi connectivity index (χ0n) is 16.0. The normalized spacial score (nSPS) is 15.9. The number of nitrogens with zero attached hydrogens (tertiary/aromatic N) is 1. The number of aromatic nitrogens is 1. The lowest BCUT2D eigenvalue weighted by Crippen LogP contribution is -2.40. The number of halogens is 2. The molecule has 0 bridgehead atoms. The van der Waals surface area contributed by atoms with E-state index in [-0.39, 0.29) is 17.6 Å². The molecule has 2 heterocycles. The molecule has 1 amide bonds. The van der Waals surface area contributed by atoms with Crippen LogP contribution in [0.25, 0.3) is 10.9 Å². The first-order valence-electron chi connectivity index (χ1n) is 9.74. The first kappa shape index (κ1) is 19.4. The Morgan fingerprint density at radius 2 is 2.07 bits per heavy atom. The molecule has 4 rings (SSSR count). The minimum atomic E-state index is -0.579. The van der Waals surface area contributed by atoms with Crippen LogP contribution in [0.15, 0.2) is 42.6 Å². The van der Waals surface area contributed by atoms with Crippen molar-refractivity contribution in [2.45, 2.75) is 31.8 Å². The zero-order chi connectivity index (χ0) is 20.4. The molecule has 1 atom stereocenters. The average Bonchev–Trinajstić information content (AvgIpc) is 3.09. The van der Waals surface area contributed by atoms with Crippen molar-refractivity contribution in [2.75, 3.05) is 13.2 Å². The van der Waals surface area contributed by atoms with Gasteiger partial charge >= 0.3 is 0 Å². The number of nitrogens with two attached hydrogens (primary N) is 1. The summed E-state index contributed by atoms with van der Waals surface area (Å²) in [5.41, 5.74) is 7.28. The first-order valence-corrected chi connectivity index (χ1v) is 9.74. The SMILES string of the molecule is NC(=O)c1ccc(F)c2c1CC(NCCCCn1ccc3cc(F)ccc31)CO2. The summed E-state index contributed by atoms with van der Waals surface area (Å²) in [6.07, 6.45) is 4.37. The topological polar surface area (TPSA) is 69.3 Å². The third kappa shape index (κ3) is 4.10. The second kappa shape index (κ2) is 8.21. The number of ether oxygens (including phenoxy) is 1. The number of nitrogens with one attached hydrogen (secondary N) is 1. The molecular formula is C22H23F2N3O2. The fourth-order valence-corrected chi connectivity index (χ4v) is 3.89. The third-order valence-corrected chi connectivity index (χ3v) is 5.35. The molecule has 5 nitrogen and oxygen atoms in total. The summed E-state index contributed by atoms with van der Waals surface area (Å²) >= 11 is 0. The Kier molecular flexibility index (Phi) is 5.49. The molecule has 2 aromatic carbocycles. The maximum absolute atomic E-state index is 13.9. The van der Waals surface area contributed by atoms with Crippen LogP contribution in [0.5, 0.6) is 5.75 Å². The van der Waals surface area contributed by atoms with Gasteiger partial charge < -0.3 is 20.4 Å². The highest BCUT2D eigenvalue weighted by Gasteiger charge is 2.26. The van der Waals surface area contributed by atoms with Gasteiger partial charge in [0.15, 0.2) is 11.6 Å². The number of amides is 1. The highest BCUT2D eigenvalue weighted by atomic mass is 19.1. The molecule has 0 aliphatic carbocycles. The standard InChI is InChI=1S/C22H23F2N3O2/c23-15-3-6-20-14(11-15)7-10-27(20)9-2-1-8-26-16-12-18-17(22(25)28)4-5-19(24)21(18)29-13-16/h3-7,10-11,16,26H,1-2,8-9,12-13H2,(H2,25,28). The van der Waals surface area contributed by atoms with Crippen molar-refractivity contribution in [1.29, 1.82) is 0 Å². The van der Waals surface area contributed by atoms with Gasteiger partial charge in [0, 0.05) is 40.8 Å². The Morgan fingerprint density at radius 1 is 1.21 bits per heavy atom. The van der Waals surface area contributed by atoms with Gasteiger partial charge in [0.2, 0.25) is 5.91 Å². The number of carbonyl (C=O) groups excluding carboxylic acids is 1. The number of hydrogen-bond donors (Lipinski definition) is 2. The molecule has 3 N–H and O–H groups in total. The van der Waals surface area contributed by atoms with Crippen molar-refractivity contribution in [3.8, 4) is 5.75 Å². The summed E-state index contributed by atoms with van der Waals surface area (Å²) < 4.78 is 34.9. The van der Waals surface area contributed by atoms with Crippen LogP contribution in [0, 0.1) is 11.6 Å². The molecule has 1 unspecified atom stereocenters. The summed E-state index contributed by atoms with van der Waals surface area (Å²) in [5.74, 6) is -1.14. The van der Waals surface area contributed by atoms with Gasteiger partial charge in [0.25, 0.3) is 0 Å². The van der Waals surface area contributed by atoms with Crippen molar-refractivity contribution in [1.82, 2.24) is 9.88 Å². The lowest BCUT2D eigenvalue weighted by atomic mass is 9.96. The first-order chi connectivity index (χ1) is 14.0. The minimum Gasteiger partial charge on any atom is -0.489 e. The van der Waals surface area contributed by atoms with Crippen molar-refractivity contribution in [2.24, 2.45) is 5.73 Å². The second-order valence-electron chi connectivity index (χ2n) is 7.35. The highest BCUT2D eigenvalue weighted by Crippen LogP contribution is 2.31. The van der Waals surface area contributed by atoms with Crippen LogP contribution in [0.3, 0.4) is 0 Å². The Balaban J connectivity index is 1.29. The molecular weight excluding hydrogens is 376 g/mol. The largest absolute Gasteiger partial charge is 0.489 e. The fourth-order valence-electron chi connectivity index (χ4n) is 3.89. The number of unbranched alkanes of at least 4 members (excludes halogenated alkanes) is 1. The molecule has 3 aromatic rings. The summed E-state index contributed by atoms with van der Waals surface area (Å²) in [6.45, 7) is 1.97. The van der Waals surface area contributed by atoms with E-state index in [4.69, 9.17) is 10.5 Å². The summed E-state index contributed by atoms with van der Waals surface area (Å²) in [7, 11) is 0. The van der Waals surface area contributed by atoms with Gasteiger partial charge in [-0.15, -0.1) is 0 Å².